The Balaban J connectivity index is 3.35. The summed E-state index contributed by atoms with van der Waals surface area (Å²) in [4.78, 5) is 11.0. The molecule has 4 nitrogen and oxygen atoms in total. The minimum Gasteiger partial charge on any atom is -0.495 e. The van der Waals surface area contributed by atoms with Crippen molar-refractivity contribution in [3.63, 3.8) is 0 Å². The van der Waals surface area contributed by atoms with Gasteiger partial charge in [0.2, 0.25) is 0 Å². The zero-order valence-electron chi connectivity index (χ0n) is 7.83. The second-order valence-electron chi connectivity index (χ2n) is 2.53. The molecule has 0 aliphatic carbocycles. The first-order valence-corrected chi connectivity index (χ1v) is 4.61. The van der Waals surface area contributed by atoms with Crippen molar-refractivity contribution in [3.8, 4) is 11.5 Å². The number of benzene rings is 1. The van der Waals surface area contributed by atoms with Gasteiger partial charge in [-0.05, 0) is 28.1 Å². The van der Waals surface area contributed by atoms with Gasteiger partial charge in [0.25, 0.3) is 5.91 Å². The number of carbonyl (C=O) groups excluding carboxylic acids is 1. The van der Waals surface area contributed by atoms with Crippen LogP contribution in [-0.4, -0.2) is 20.1 Å². The molecule has 1 amide bonds. The van der Waals surface area contributed by atoms with Crippen LogP contribution >= 0.6 is 15.9 Å². The van der Waals surface area contributed by atoms with E-state index in [1.54, 1.807) is 12.1 Å². The number of primary amides is 1. The summed E-state index contributed by atoms with van der Waals surface area (Å²) >= 11 is 3.26. The second kappa shape index (κ2) is 4.32. The quantitative estimate of drug-likeness (QED) is 0.897. The van der Waals surface area contributed by atoms with Gasteiger partial charge in [-0.1, -0.05) is 0 Å². The molecular weight excluding hydrogens is 250 g/mol. The molecule has 0 aliphatic heterocycles. The van der Waals surface area contributed by atoms with Crippen molar-refractivity contribution < 1.29 is 14.3 Å². The number of hydrogen-bond acceptors (Lipinski definition) is 3. The summed E-state index contributed by atoms with van der Waals surface area (Å²) < 4.78 is 10.7. The highest BCUT2D eigenvalue weighted by atomic mass is 79.9. The Morgan fingerprint density at radius 1 is 1.36 bits per heavy atom. The van der Waals surface area contributed by atoms with E-state index in [-0.39, 0.29) is 0 Å². The fraction of sp³-hybridized carbons (Fsp3) is 0.222. The number of ether oxygens (including phenoxy) is 2. The molecular formula is C9H10BrNO3. The summed E-state index contributed by atoms with van der Waals surface area (Å²) in [6, 6.07) is 3.21. The Bertz CT molecular complexity index is 365. The largest absolute Gasteiger partial charge is 0.495 e. The van der Waals surface area contributed by atoms with Crippen molar-refractivity contribution in [2.45, 2.75) is 0 Å². The summed E-state index contributed by atoms with van der Waals surface area (Å²) in [6.45, 7) is 0. The third-order valence-electron chi connectivity index (χ3n) is 1.75. The van der Waals surface area contributed by atoms with Gasteiger partial charge in [-0.2, -0.15) is 0 Å². The summed E-state index contributed by atoms with van der Waals surface area (Å²) in [6.07, 6.45) is 0. The van der Waals surface area contributed by atoms with Gasteiger partial charge in [0, 0.05) is 0 Å². The van der Waals surface area contributed by atoms with Crippen LogP contribution in [0.5, 0.6) is 11.5 Å². The zero-order valence-corrected chi connectivity index (χ0v) is 9.42. The molecule has 5 heteroatoms. The molecule has 0 atom stereocenters. The topological polar surface area (TPSA) is 61.5 Å². The lowest BCUT2D eigenvalue weighted by Gasteiger charge is -2.10. The molecule has 0 saturated carbocycles. The molecule has 0 unspecified atom stereocenters. The first-order chi connectivity index (χ1) is 6.61. The normalized spacial score (nSPS) is 9.64. The van der Waals surface area contributed by atoms with E-state index in [2.05, 4.69) is 15.9 Å². The van der Waals surface area contributed by atoms with Crippen LogP contribution < -0.4 is 15.2 Å². The number of rotatable bonds is 3. The average molecular weight is 260 g/mol. The molecule has 1 aromatic carbocycles. The molecule has 0 bridgehead atoms. The molecule has 76 valence electrons. The van der Waals surface area contributed by atoms with E-state index in [4.69, 9.17) is 15.2 Å². The van der Waals surface area contributed by atoms with Gasteiger partial charge in [-0.3, -0.25) is 4.79 Å². The number of nitrogens with two attached hydrogens (primary N) is 1. The minimum atomic E-state index is -0.537. The van der Waals surface area contributed by atoms with Gasteiger partial charge in [0.15, 0.2) is 0 Å². The highest BCUT2D eigenvalue weighted by Crippen LogP contribution is 2.36. The molecule has 0 spiro atoms. The lowest BCUT2D eigenvalue weighted by Crippen LogP contribution is -2.12. The maximum Gasteiger partial charge on any atom is 0.252 e. The van der Waals surface area contributed by atoms with E-state index in [1.807, 2.05) is 0 Å². The molecule has 0 radical (unpaired) electrons. The van der Waals surface area contributed by atoms with Gasteiger partial charge in [-0.15, -0.1) is 0 Å². The fourth-order valence-electron chi connectivity index (χ4n) is 1.09. The van der Waals surface area contributed by atoms with Crippen LogP contribution in [0.1, 0.15) is 10.4 Å². The molecule has 1 aromatic rings. The predicted octanol–water partition coefficient (Wildman–Crippen LogP) is 1.57. The van der Waals surface area contributed by atoms with Crippen molar-refractivity contribution in [3.05, 3.63) is 22.2 Å². The second-order valence-corrected chi connectivity index (χ2v) is 3.32. The van der Waals surface area contributed by atoms with E-state index in [0.717, 1.165) is 0 Å². The van der Waals surface area contributed by atoms with E-state index in [9.17, 15) is 4.79 Å². The van der Waals surface area contributed by atoms with Gasteiger partial charge in [0.1, 0.15) is 16.0 Å². The van der Waals surface area contributed by atoms with Crippen molar-refractivity contribution >= 4 is 21.8 Å². The zero-order chi connectivity index (χ0) is 10.7. The lowest BCUT2D eigenvalue weighted by molar-refractivity contribution is 0.0997. The summed E-state index contributed by atoms with van der Waals surface area (Å²) in [7, 11) is 3.00. The monoisotopic (exact) mass is 259 g/mol. The Morgan fingerprint density at radius 2 is 2.00 bits per heavy atom. The van der Waals surface area contributed by atoms with E-state index in [0.29, 0.717) is 21.5 Å². The summed E-state index contributed by atoms with van der Waals surface area (Å²) in [5.74, 6) is 0.439. The third-order valence-corrected chi connectivity index (χ3v) is 2.50. The SMILES string of the molecule is COc1ccc(C(N)=O)c(OC)c1Br. The molecule has 14 heavy (non-hydrogen) atoms. The average Bonchev–Trinajstić information content (AvgIpc) is 2.17. The molecule has 0 aliphatic rings. The molecule has 0 heterocycles. The standard InChI is InChI=1S/C9H10BrNO3/c1-13-6-4-3-5(9(11)12)8(14-2)7(6)10/h3-4H,1-2H3,(H2,11,12). The van der Waals surface area contributed by atoms with Crippen LogP contribution in [0.2, 0.25) is 0 Å². The minimum absolute atomic E-state index is 0.320. The number of carbonyl (C=O) groups is 1. The van der Waals surface area contributed by atoms with E-state index in [1.165, 1.54) is 14.2 Å². The number of amides is 1. The van der Waals surface area contributed by atoms with Crippen molar-refractivity contribution in [1.29, 1.82) is 0 Å². The molecule has 0 fully saturated rings. The van der Waals surface area contributed by atoms with E-state index >= 15 is 0 Å². The van der Waals surface area contributed by atoms with Gasteiger partial charge in [0.05, 0.1) is 19.8 Å². The third kappa shape index (κ3) is 1.82. The van der Waals surface area contributed by atoms with Crippen molar-refractivity contribution in [2.24, 2.45) is 5.73 Å². The lowest BCUT2D eigenvalue weighted by atomic mass is 10.2. The Morgan fingerprint density at radius 3 is 2.43 bits per heavy atom. The number of halogens is 1. The van der Waals surface area contributed by atoms with E-state index < -0.39 is 5.91 Å². The summed E-state index contributed by atoms with van der Waals surface area (Å²) in [5.41, 5.74) is 5.49. The van der Waals surface area contributed by atoms with Crippen molar-refractivity contribution in [1.82, 2.24) is 0 Å². The number of hydrogen-bond donors (Lipinski definition) is 1. The van der Waals surface area contributed by atoms with Gasteiger partial charge >= 0.3 is 0 Å². The van der Waals surface area contributed by atoms with Crippen LogP contribution in [0.15, 0.2) is 16.6 Å². The fourth-order valence-corrected chi connectivity index (χ4v) is 1.76. The van der Waals surface area contributed by atoms with Crippen LogP contribution in [-0.2, 0) is 0 Å². The maximum atomic E-state index is 11.0. The first kappa shape index (κ1) is 10.8. The van der Waals surface area contributed by atoms with Gasteiger partial charge < -0.3 is 15.2 Å². The first-order valence-electron chi connectivity index (χ1n) is 3.82. The predicted molar refractivity (Wildman–Crippen MR) is 55.8 cm³/mol. The highest BCUT2D eigenvalue weighted by Gasteiger charge is 2.15. The Hall–Kier alpha value is -1.23. The Labute approximate surface area is 90.1 Å². The Kier molecular flexibility index (Phi) is 3.35. The molecule has 0 aromatic heterocycles. The van der Waals surface area contributed by atoms with Crippen molar-refractivity contribution in [2.75, 3.05) is 14.2 Å². The molecule has 0 saturated heterocycles. The van der Waals surface area contributed by atoms with Crippen LogP contribution in [0, 0.1) is 0 Å². The molecule has 1 rings (SSSR count). The highest BCUT2D eigenvalue weighted by molar-refractivity contribution is 9.10. The summed E-state index contributed by atoms with van der Waals surface area (Å²) in [5, 5.41) is 0. The van der Waals surface area contributed by atoms with Crippen LogP contribution in [0.25, 0.3) is 0 Å². The molecule has 2 N–H and O–H groups in total. The number of methoxy groups -OCH3 is 2. The van der Waals surface area contributed by atoms with Crippen LogP contribution in [0.4, 0.5) is 0 Å². The van der Waals surface area contributed by atoms with Crippen LogP contribution in [0.3, 0.4) is 0 Å². The maximum absolute atomic E-state index is 11.0. The smallest absolute Gasteiger partial charge is 0.252 e. The van der Waals surface area contributed by atoms with Gasteiger partial charge in [-0.25, -0.2) is 0 Å².